The molecule has 26 heavy (non-hydrogen) atoms. The lowest BCUT2D eigenvalue weighted by Crippen LogP contribution is -2.05. The molecular formula is C20H15Cl2N3O. The van der Waals surface area contributed by atoms with Crippen LogP contribution in [0.15, 0.2) is 61.1 Å². The van der Waals surface area contributed by atoms with E-state index in [1.807, 2.05) is 55.6 Å². The second-order valence-corrected chi connectivity index (χ2v) is 6.80. The van der Waals surface area contributed by atoms with Crippen LogP contribution in [-0.4, -0.2) is 19.6 Å². The van der Waals surface area contributed by atoms with Crippen molar-refractivity contribution in [3.05, 3.63) is 82.5 Å². The van der Waals surface area contributed by atoms with Crippen molar-refractivity contribution in [2.75, 3.05) is 0 Å². The van der Waals surface area contributed by atoms with Gasteiger partial charge in [-0.05, 0) is 23.3 Å². The molecular weight excluding hydrogens is 369 g/mol. The molecule has 1 unspecified atom stereocenters. The summed E-state index contributed by atoms with van der Waals surface area (Å²) in [4.78, 5) is 8.54. The van der Waals surface area contributed by atoms with Crippen LogP contribution in [0.2, 0.25) is 10.2 Å². The number of hydrogen-bond donors (Lipinski definition) is 1. The summed E-state index contributed by atoms with van der Waals surface area (Å²) in [5, 5.41) is 12.3. The number of hydrogen-bond acceptors (Lipinski definition) is 3. The summed E-state index contributed by atoms with van der Waals surface area (Å²) >= 11 is 13.1. The van der Waals surface area contributed by atoms with Crippen LogP contribution >= 0.6 is 23.2 Å². The predicted octanol–water partition coefficient (Wildman–Crippen LogP) is 5.02. The number of benzene rings is 2. The SMILES string of the molecule is Cn1cncc1C(O)c1ccc2nc(Cl)c(-c3ccccc3)c(Cl)c2c1. The normalized spacial score (nSPS) is 12.5. The van der Waals surface area contributed by atoms with Crippen LogP contribution in [0, 0.1) is 0 Å². The van der Waals surface area contributed by atoms with Gasteiger partial charge in [0, 0.05) is 18.0 Å². The van der Waals surface area contributed by atoms with Gasteiger partial charge in [-0.1, -0.05) is 59.6 Å². The Morgan fingerprint density at radius 3 is 2.54 bits per heavy atom. The van der Waals surface area contributed by atoms with Gasteiger partial charge < -0.3 is 9.67 Å². The van der Waals surface area contributed by atoms with Gasteiger partial charge >= 0.3 is 0 Å². The monoisotopic (exact) mass is 383 g/mol. The molecule has 6 heteroatoms. The molecule has 2 aromatic heterocycles. The molecule has 4 nitrogen and oxygen atoms in total. The highest BCUT2D eigenvalue weighted by atomic mass is 35.5. The highest BCUT2D eigenvalue weighted by Gasteiger charge is 2.18. The van der Waals surface area contributed by atoms with Gasteiger partial charge in [0.05, 0.1) is 28.8 Å². The summed E-state index contributed by atoms with van der Waals surface area (Å²) in [5.74, 6) is 0. The van der Waals surface area contributed by atoms with E-state index in [0.717, 1.165) is 10.9 Å². The molecule has 0 saturated carbocycles. The Labute approximate surface area is 160 Å². The number of imidazole rings is 1. The second kappa shape index (κ2) is 6.72. The lowest BCUT2D eigenvalue weighted by Gasteiger charge is -2.14. The maximum Gasteiger partial charge on any atom is 0.139 e. The Kier molecular flexibility index (Phi) is 4.41. The van der Waals surface area contributed by atoms with Crippen molar-refractivity contribution >= 4 is 34.1 Å². The molecule has 0 fully saturated rings. The van der Waals surface area contributed by atoms with Crippen molar-refractivity contribution in [1.82, 2.24) is 14.5 Å². The molecule has 0 aliphatic heterocycles. The molecule has 0 radical (unpaired) electrons. The fraction of sp³-hybridized carbons (Fsp3) is 0.100. The first-order valence-corrected chi connectivity index (χ1v) is 8.80. The summed E-state index contributed by atoms with van der Waals surface area (Å²) in [6, 6.07) is 15.2. The van der Waals surface area contributed by atoms with Crippen molar-refractivity contribution in [3.63, 3.8) is 0 Å². The molecule has 0 bridgehead atoms. The van der Waals surface area contributed by atoms with Gasteiger partial charge in [-0.2, -0.15) is 0 Å². The van der Waals surface area contributed by atoms with Gasteiger partial charge in [-0.15, -0.1) is 0 Å². The van der Waals surface area contributed by atoms with Crippen LogP contribution in [0.3, 0.4) is 0 Å². The van der Waals surface area contributed by atoms with Crippen LogP contribution in [0.4, 0.5) is 0 Å². The van der Waals surface area contributed by atoms with Crippen LogP contribution in [0.5, 0.6) is 0 Å². The largest absolute Gasteiger partial charge is 0.382 e. The number of halogens is 2. The molecule has 0 aliphatic carbocycles. The number of aliphatic hydroxyl groups excluding tert-OH is 1. The maximum absolute atomic E-state index is 10.7. The predicted molar refractivity (Wildman–Crippen MR) is 104 cm³/mol. The van der Waals surface area contributed by atoms with Gasteiger partial charge in [-0.25, -0.2) is 9.97 Å². The van der Waals surface area contributed by atoms with Crippen molar-refractivity contribution in [2.24, 2.45) is 7.05 Å². The number of aryl methyl sites for hydroxylation is 1. The number of nitrogens with zero attached hydrogens (tertiary/aromatic N) is 3. The molecule has 0 amide bonds. The number of fused-ring (bicyclic) bond motifs is 1. The lowest BCUT2D eigenvalue weighted by atomic mass is 10.0. The third kappa shape index (κ3) is 2.86. The van der Waals surface area contributed by atoms with E-state index in [9.17, 15) is 5.11 Å². The third-order valence-corrected chi connectivity index (χ3v) is 5.08. The highest BCUT2D eigenvalue weighted by molar-refractivity contribution is 6.42. The lowest BCUT2D eigenvalue weighted by molar-refractivity contribution is 0.211. The van der Waals surface area contributed by atoms with E-state index in [4.69, 9.17) is 23.2 Å². The van der Waals surface area contributed by atoms with Crippen molar-refractivity contribution in [3.8, 4) is 11.1 Å². The standard InChI is InChI=1S/C20H15Cl2N3O/c1-25-11-23-10-16(25)19(26)13-7-8-15-14(9-13)18(21)17(20(22)24-15)12-5-3-2-4-6-12/h2-11,19,26H,1H3. The highest BCUT2D eigenvalue weighted by Crippen LogP contribution is 2.39. The second-order valence-electron chi connectivity index (χ2n) is 6.07. The van der Waals surface area contributed by atoms with Crippen LogP contribution in [-0.2, 0) is 7.05 Å². The van der Waals surface area contributed by atoms with E-state index < -0.39 is 6.10 Å². The number of aliphatic hydroxyl groups is 1. The van der Waals surface area contributed by atoms with E-state index in [-0.39, 0.29) is 0 Å². The average Bonchev–Trinajstić information content (AvgIpc) is 3.08. The van der Waals surface area contributed by atoms with Gasteiger partial charge in [0.25, 0.3) is 0 Å². The molecule has 130 valence electrons. The Morgan fingerprint density at radius 1 is 1.08 bits per heavy atom. The van der Waals surface area contributed by atoms with Gasteiger partial charge in [0.15, 0.2) is 0 Å². The molecule has 0 saturated heterocycles. The van der Waals surface area contributed by atoms with Crippen molar-refractivity contribution in [2.45, 2.75) is 6.10 Å². The number of aromatic nitrogens is 3. The minimum absolute atomic E-state index is 0.355. The zero-order valence-corrected chi connectivity index (χ0v) is 15.4. The van der Waals surface area contributed by atoms with Gasteiger partial charge in [0.1, 0.15) is 11.3 Å². The van der Waals surface area contributed by atoms with Gasteiger partial charge in [0.2, 0.25) is 0 Å². The fourth-order valence-corrected chi connectivity index (χ4v) is 3.73. The molecule has 4 aromatic rings. The van der Waals surface area contributed by atoms with E-state index in [1.54, 1.807) is 17.1 Å². The molecule has 1 atom stereocenters. The van der Waals surface area contributed by atoms with Gasteiger partial charge in [-0.3, -0.25) is 0 Å². The van der Waals surface area contributed by atoms with E-state index >= 15 is 0 Å². The summed E-state index contributed by atoms with van der Waals surface area (Å²) in [6.07, 6.45) is 2.49. The first-order chi connectivity index (χ1) is 12.6. The Balaban J connectivity index is 1.89. The van der Waals surface area contributed by atoms with Crippen LogP contribution in [0.25, 0.3) is 22.0 Å². The summed E-state index contributed by atoms with van der Waals surface area (Å²) in [6.45, 7) is 0. The topological polar surface area (TPSA) is 50.9 Å². The number of rotatable bonds is 3. The van der Waals surface area contributed by atoms with E-state index in [1.165, 1.54) is 0 Å². The Bertz CT molecular complexity index is 1090. The molecule has 0 spiro atoms. The van der Waals surface area contributed by atoms with Crippen molar-refractivity contribution in [1.29, 1.82) is 0 Å². The summed E-state index contributed by atoms with van der Waals surface area (Å²) < 4.78 is 1.78. The average molecular weight is 384 g/mol. The van der Waals surface area contributed by atoms with Crippen LogP contribution < -0.4 is 0 Å². The molecule has 4 rings (SSSR count). The fourth-order valence-electron chi connectivity index (χ4n) is 3.04. The maximum atomic E-state index is 10.7. The molecule has 2 heterocycles. The third-order valence-electron chi connectivity index (χ3n) is 4.41. The smallest absolute Gasteiger partial charge is 0.139 e. The van der Waals surface area contributed by atoms with Crippen molar-refractivity contribution < 1.29 is 5.11 Å². The minimum Gasteiger partial charge on any atom is -0.382 e. The molecule has 0 aliphatic rings. The number of pyridine rings is 1. The minimum atomic E-state index is -0.807. The zero-order chi connectivity index (χ0) is 18.3. The van der Waals surface area contributed by atoms with E-state index in [2.05, 4.69) is 9.97 Å². The molecule has 1 N–H and O–H groups in total. The summed E-state index contributed by atoms with van der Waals surface area (Å²) in [7, 11) is 1.84. The van der Waals surface area contributed by atoms with Crippen LogP contribution in [0.1, 0.15) is 17.4 Å². The zero-order valence-electron chi connectivity index (χ0n) is 13.9. The quantitative estimate of drug-likeness (QED) is 0.505. The Morgan fingerprint density at radius 2 is 1.85 bits per heavy atom. The first kappa shape index (κ1) is 17.0. The summed E-state index contributed by atoms with van der Waals surface area (Å²) in [5.41, 5.74) is 3.68. The Hall–Kier alpha value is -2.40. The first-order valence-electron chi connectivity index (χ1n) is 8.04. The van der Waals surface area contributed by atoms with E-state index in [0.29, 0.717) is 32.5 Å². The molecule has 2 aromatic carbocycles.